The van der Waals surface area contributed by atoms with Gasteiger partial charge in [0.1, 0.15) is 6.61 Å². The summed E-state index contributed by atoms with van der Waals surface area (Å²) >= 11 is 0. The highest BCUT2D eigenvalue weighted by Crippen LogP contribution is 2.41. The van der Waals surface area contributed by atoms with Gasteiger partial charge in [-0.25, -0.2) is 0 Å². The molecule has 0 spiro atoms. The summed E-state index contributed by atoms with van der Waals surface area (Å²) in [4.78, 5) is 0. The van der Waals surface area contributed by atoms with Crippen molar-refractivity contribution in [2.75, 3.05) is 19.8 Å². The highest BCUT2D eigenvalue weighted by Gasteiger charge is 2.33. The molecule has 1 aliphatic carbocycles. The summed E-state index contributed by atoms with van der Waals surface area (Å²) in [6, 6.07) is 0.457. The van der Waals surface area contributed by atoms with Crippen molar-refractivity contribution in [3.63, 3.8) is 0 Å². The minimum atomic E-state index is -4.20. The predicted octanol–water partition coefficient (Wildman–Crippen LogP) is 3.90. The summed E-state index contributed by atoms with van der Waals surface area (Å²) in [5.74, 6) is 0. The van der Waals surface area contributed by atoms with Crippen LogP contribution in [-0.2, 0) is 4.74 Å². The molecule has 5 heteroatoms. The first-order valence-corrected chi connectivity index (χ1v) is 7.21. The smallest absolute Gasteiger partial charge is 0.372 e. The lowest BCUT2D eigenvalue weighted by atomic mass is 9.81. The van der Waals surface area contributed by atoms with Crippen molar-refractivity contribution in [2.24, 2.45) is 5.41 Å². The maximum atomic E-state index is 11.9. The number of rotatable bonds is 8. The molecule has 114 valence electrons. The van der Waals surface area contributed by atoms with Crippen LogP contribution in [0.25, 0.3) is 0 Å². The number of hydrogen-bond acceptors (Lipinski definition) is 2. The van der Waals surface area contributed by atoms with Crippen LogP contribution in [0.4, 0.5) is 13.2 Å². The Bertz CT molecular complexity index is 248. The minimum Gasteiger partial charge on any atom is -0.372 e. The highest BCUT2D eigenvalue weighted by atomic mass is 19.4. The van der Waals surface area contributed by atoms with Gasteiger partial charge in [0.05, 0.1) is 0 Å². The molecule has 0 radical (unpaired) electrons. The Kier molecular flexibility index (Phi) is 6.60. The molecule has 1 N–H and O–H groups in total. The van der Waals surface area contributed by atoms with Crippen LogP contribution in [0, 0.1) is 5.41 Å². The van der Waals surface area contributed by atoms with Crippen molar-refractivity contribution >= 4 is 0 Å². The van der Waals surface area contributed by atoms with Crippen molar-refractivity contribution in [2.45, 2.75) is 64.6 Å². The number of halogens is 3. The molecule has 2 nitrogen and oxygen atoms in total. The Morgan fingerprint density at radius 2 is 1.84 bits per heavy atom. The van der Waals surface area contributed by atoms with Gasteiger partial charge in [0.2, 0.25) is 0 Å². The average Bonchev–Trinajstić information content (AvgIpc) is 2.74. The summed E-state index contributed by atoms with van der Waals surface area (Å²) in [5.41, 5.74) is 0.284. The third-order valence-corrected chi connectivity index (χ3v) is 3.81. The summed E-state index contributed by atoms with van der Waals surface area (Å²) in [6.45, 7) is 4.31. The Morgan fingerprint density at radius 1 is 1.21 bits per heavy atom. The first-order chi connectivity index (χ1) is 8.83. The van der Waals surface area contributed by atoms with Crippen LogP contribution in [0.15, 0.2) is 0 Å². The first-order valence-electron chi connectivity index (χ1n) is 7.21. The van der Waals surface area contributed by atoms with Crippen LogP contribution in [0.3, 0.4) is 0 Å². The summed E-state index contributed by atoms with van der Waals surface area (Å²) in [7, 11) is 0. The zero-order valence-electron chi connectivity index (χ0n) is 12.0. The minimum absolute atomic E-state index is 0.211. The second kappa shape index (κ2) is 7.48. The van der Waals surface area contributed by atoms with E-state index < -0.39 is 12.8 Å². The van der Waals surface area contributed by atoms with Gasteiger partial charge in [-0.2, -0.15) is 13.2 Å². The van der Waals surface area contributed by atoms with Gasteiger partial charge in [0, 0.05) is 19.2 Å². The first kappa shape index (κ1) is 16.8. The third-order valence-electron chi connectivity index (χ3n) is 3.81. The zero-order valence-corrected chi connectivity index (χ0v) is 12.0. The lowest BCUT2D eigenvalue weighted by Gasteiger charge is -2.30. The van der Waals surface area contributed by atoms with E-state index in [0.29, 0.717) is 6.04 Å². The van der Waals surface area contributed by atoms with Gasteiger partial charge in [-0.3, -0.25) is 0 Å². The van der Waals surface area contributed by atoms with Crippen LogP contribution in [0.2, 0.25) is 0 Å². The molecule has 0 saturated heterocycles. The van der Waals surface area contributed by atoms with Gasteiger partial charge in [0.15, 0.2) is 0 Å². The molecule has 0 aromatic carbocycles. The van der Waals surface area contributed by atoms with Gasteiger partial charge in [-0.05, 0) is 31.1 Å². The van der Waals surface area contributed by atoms with E-state index >= 15 is 0 Å². The number of alkyl halides is 3. The number of ether oxygens (including phenoxy) is 1. The monoisotopic (exact) mass is 281 g/mol. The molecular formula is C14H26F3NO. The van der Waals surface area contributed by atoms with Gasteiger partial charge >= 0.3 is 6.18 Å². The Labute approximate surface area is 114 Å². The van der Waals surface area contributed by atoms with Crippen LogP contribution in [0.5, 0.6) is 0 Å². The van der Waals surface area contributed by atoms with Gasteiger partial charge in [-0.15, -0.1) is 0 Å². The lowest BCUT2D eigenvalue weighted by molar-refractivity contribution is -0.174. The van der Waals surface area contributed by atoms with E-state index in [-0.39, 0.29) is 12.0 Å². The Morgan fingerprint density at radius 3 is 2.37 bits per heavy atom. The summed E-state index contributed by atoms with van der Waals surface area (Å²) in [5, 5.41) is 3.47. The zero-order chi connectivity index (χ0) is 14.4. The molecule has 0 amide bonds. The average molecular weight is 281 g/mol. The molecule has 19 heavy (non-hydrogen) atoms. The van der Waals surface area contributed by atoms with Gasteiger partial charge < -0.3 is 10.1 Å². The van der Waals surface area contributed by atoms with E-state index in [1.807, 2.05) is 0 Å². The van der Waals surface area contributed by atoms with E-state index in [1.54, 1.807) is 0 Å². The molecule has 1 fully saturated rings. The van der Waals surface area contributed by atoms with Crippen LogP contribution in [0.1, 0.15) is 52.4 Å². The second-order valence-electron chi connectivity index (χ2n) is 6.01. The van der Waals surface area contributed by atoms with Crippen molar-refractivity contribution in [3.05, 3.63) is 0 Å². The molecule has 1 rings (SSSR count). The van der Waals surface area contributed by atoms with Crippen LogP contribution < -0.4 is 5.32 Å². The van der Waals surface area contributed by atoms with Crippen molar-refractivity contribution in [1.29, 1.82) is 0 Å². The summed E-state index contributed by atoms with van der Waals surface area (Å²) in [6.07, 6.45) is 2.33. The second-order valence-corrected chi connectivity index (χ2v) is 6.01. The Hall–Kier alpha value is -0.290. The molecular weight excluding hydrogens is 255 g/mol. The van der Waals surface area contributed by atoms with Crippen LogP contribution >= 0.6 is 0 Å². The quantitative estimate of drug-likeness (QED) is 0.681. The largest absolute Gasteiger partial charge is 0.411 e. The molecule has 1 aliphatic rings. The molecule has 0 aromatic rings. The predicted molar refractivity (Wildman–Crippen MR) is 70.1 cm³/mol. The number of nitrogens with one attached hydrogen (secondary N) is 1. The van der Waals surface area contributed by atoms with Crippen molar-refractivity contribution < 1.29 is 17.9 Å². The SMILES string of the molecule is CC(C)NCC1(CCCOCC(F)(F)F)CCCC1. The molecule has 0 aromatic heterocycles. The maximum absolute atomic E-state index is 11.9. The van der Waals surface area contributed by atoms with E-state index in [9.17, 15) is 13.2 Å². The van der Waals surface area contributed by atoms with E-state index in [4.69, 9.17) is 0 Å². The fourth-order valence-electron chi connectivity index (χ4n) is 2.80. The topological polar surface area (TPSA) is 21.3 Å². The van der Waals surface area contributed by atoms with E-state index in [1.165, 1.54) is 25.7 Å². The van der Waals surface area contributed by atoms with E-state index in [0.717, 1.165) is 19.4 Å². The molecule has 0 heterocycles. The van der Waals surface area contributed by atoms with Crippen molar-refractivity contribution in [1.82, 2.24) is 5.32 Å². The molecule has 0 unspecified atom stereocenters. The lowest BCUT2D eigenvalue weighted by Crippen LogP contribution is -2.36. The van der Waals surface area contributed by atoms with Crippen LogP contribution in [-0.4, -0.2) is 32.0 Å². The Balaban J connectivity index is 2.22. The molecule has 0 atom stereocenters. The molecule has 0 bridgehead atoms. The normalized spacial score (nSPS) is 19.3. The number of hydrogen-bond donors (Lipinski definition) is 1. The third kappa shape index (κ3) is 7.16. The highest BCUT2D eigenvalue weighted by molar-refractivity contribution is 4.87. The summed E-state index contributed by atoms with van der Waals surface area (Å²) < 4.78 is 40.5. The van der Waals surface area contributed by atoms with Gasteiger partial charge in [0.25, 0.3) is 0 Å². The molecule has 0 aliphatic heterocycles. The van der Waals surface area contributed by atoms with Gasteiger partial charge in [-0.1, -0.05) is 26.7 Å². The fourth-order valence-corrected chi connectivity index (χ4v) is 2.80. The van der Waals surface area contributed by atoms with E-state index in [2.05, 4.69) is 23.9 Å². The standard InChI is InChI=1S/C14H26F3NO/c1-12(2)18-10-13(6-3-4-7-13)8-5-9-19-11-14(15,16)17/h12,18H,3-11H2,1-2H3. The molecule has 1 saturated carbocycles. The van der Waals surface area contributed by atoms with Crippen molar-refractivity contribution in [3.8, 4) is 0 Å². The maximum Gasteiger partial charge on any atom is 0.411 e. The fraction of sp³-hybridized carbons (Fsp3) is 1.00.